The Bertz CT molecular complexity index is 597. The third-order valence-corrected chi connectivity index (χ3v) is 5.19. The van der Waals surface area contributed by atoms with E-state index in [1.54, 1.807) is 24.3 Å². The number of sulfonamides is 1. The van der Waals surface area contributed by atoms with Crippen molar-refractivity contribution < 1.29 is 8.42 Å². The Balaban J connectivity index is 1.85. The lowest BCUT2D eigenvalue weighted by Crippen LogP contribution is -2.37. The first-order chi connectivity index (χ1) is 9.98. The van der Waals surface area contributed by atoms with E-state index in [0.717, 1.165) is 25.9 Å². The van der Waals surface area contributed by atoms with E-state index in [4.69, 9.17) is 5.26 Å². The fraction of sp³-hybridized carbons (Fsp3) is 0.533. The molecule has 1 N–H and O–H groups in total. The van der Waals surface area contributed by atoms with E-state index in [1.165, 1.54) is 0 Å². The summed E-state index contributed by atoms with van der Waals surface area (Å²) in [5, 5.41) is 8.72. The highest BCUT2D eigenvalue weighted by atomic mass is 32.2. The zero-order valence-corrected chi connectivity index (χ0v) is 13.1. The van der Waals surface area contributed by atoms with Gasteiger partial charge in [0.15, 0.2) is 0 Å². The molecule has 0 aliphatic carbocycles. The molecule has 0 radical (unpaired) electrons. The number of nitrogens with zero attached hydrogens (tertiary/aromatic N) is 2. The summed E-state index contributed by atoms with van der Waals surface area (Å²) in [5.74, 6) is 0.391. The maximum Gasteiger partial charge on any atom is 0.215 e. The fourth-order valence-electron chi connectivity index (χ4n) is 2.46. The number of piperidine rings is 1. The molecule has 114 valence electrons. The Morgan fingerprint density at radius 2 is 1.90 bits per heavy atom. The standard InChI is InChI=1S/C15H21N3O2S/c1-18-8-6-14(7-9-18)11-17-21(19,20)12-15-4-2-13(10-16)3-5-15/h2-5,14,17H,6-9,11-12H2,1H3. The van der Waals surface area contributed by atoms with E-state index in [0.29, 0.717) is 23.6 Å². The van der Waals surface area contributed by atoms with Crippen molar-refractivity contribution in [1.29, 1.82) is 5.26 Å². The molecule has 1 aliphatic rings. The molecular weight excluding hydrogens is 286 g/mol. The molecule has 1 aromatic carbocycles. The molecule has 0 saturated carbocycles. The summed E-state index contributed by atoms with van der Waals surface area (Å²) in [6.45, 7) is 2.58. The summed E-state index contributed by atoms with van der Waals surface area (Å²) in [6, 6.07) is 8.68. The average Bonchev–Trinajstić information content (AvgIpc) is 2.47. The molecule has 0 amide bonds. The third kappa shape index (κ3) is 5.12. The van der Waals surface area contributed by atoms with Crippen LogP contribution in [-0.2, 0) is 15.8 Å². The number of nitriles is 1. The minimum atomic E-state index is -3.31. The van der Waals surface area contributed by atoms with E-state index >= 15 is 0 Å². The van der Waals surface area contributed by atoms with Crippen molar-refractivity contribution in [3.8, 4) is 6.07 Å². The zero-order chi connectivity index (χ0) is 15.3. The van der Waals surface area contributed by atoms with Crippen LogP contribution >= 0.6 is 0 Å². The van der Waals surface area contributed by atoms with Crippen LogP contribution in [0.15, 0.2) is 24.3 Å². The predicted octanol–water partition coefficient (Wildman–Crippen LogP) is 1.32. The first-order valence-electron chi connectivity index (χ1n) is 7.13. The quantitative estimate of drug-likeness (QED) is 0.890. The Morgan fingerprint density at radius 3 is 2.48 bits per heavy atom. The van der Waals surface area contributed by atoms with Crippen molar-refractivity contribution in [3.05, 3.63) is 35.4 Å². The van der Waals surface area contributed by atoms with E-state index in [2.05, 4.69) is 16.7 Å². The smallest absolute Gasteiger partial charge is 0.215 e. The zero-order valence-electron chi connectivity index (χ0n) is 12.2. The van der Waals surface area contributed by atoms with Crippen molar-refractivity contribution in [2.45, 2.75) is 18.6 Å². The summed E-state index contributed by atoms with van der Waals surface area (Å²) in [5.41, 5.74) is 1.24. The molecule has 21 heavy (non-hydrogen) atoms. The monoisotopic (exact) mass is 307 g/mol. The van der Waals surface area contributed by atoms with Crippen LogP contribution in [0.3, 0.4) is 0 Å². The molecule has 1 heterocycles. The summed E-state index contributed by atoms with van der Waals surface area (Å²) in [7, 11) is -1.23. The molecule has 0 bridgehead atoms. The fourth-order valence-corrected chi connectivity index (χ4v) is 3.68. The number of hydrogen-bond donors (Lipinski definition) is 1. The lowest BCUT2D eigenvalue weighted by molar-refractivity contribution is 0.220. The number of benzene rings is 1. The summed E-state index contributed by atoms with van der Waals surface area (Å²) < 4.78 is 26.9. The first kappa shape index (κ1) is 16.0. The van der Waals surface area contributed by atoms with Gasteiger partial charge in [-0.3, -0.25) is 0 Å². The highest BCUT2D eigenvalue weighted by Gasteiger charge is 2.19. The van der Waals surface area contributed by atoms with Gasteiger partial charge in [0.25, 0.3) is 0 Å². The van der Waals surface area contributed by atoms with Gasteiger partial charge >= 0.3 is 0 Å². The molecule has 1 saturated heterocycles. The van der Waals surface area contributed by atoms with Gasteiger partial charge in [-0.25, -0.2) is 13.1 Å². The molecule has 2 rings (SSSR count). The molecule has 1 aliphatic heterocycles. The van der Waals surface area contributed by atoms with Gasteiger partial charge in [-0.1, -0.05) is 12.1 Å². The second-order valence-corrected chi connectivity index (χ2v) is 7.47. The van der Waals surface area contributed by atoms with Crippen LogP contribution in [0, 0.1) is 17.2 Å². The largest absolute Gasteiger partial charge is 0.306 e. The van der Waals surface area contributed by atoms with Crippen molar-refractivity contribution in [2.75, 3.05) is 26.7 Å². The maximum atomic E-state index is 12.1. The Morgan fingerprint density at radius 1 is 1.29 bits per heavy atom. The van der Waals surface area contributed by atoms with Crippen LogP contribution in [-0.4, -0.2) is 40.0 Å². The van der Waals surface area contributed by atoms with Crippen LogP contribution in [0.2, 0.25) is 0 Å². The lowest BCUT2D eigenvalue weighted by atomic mass is 9.98. The molecular formula is C15H21N3O2S. The van der Waals surface area contributed by atoms with Crippen LogP contribution in [0.5, 0.6) is 0 Å². The van der Waals surface area contributed by atoms with Crippen molar-refractivity contribution in [2.24, 2.45) is 5.92 Å². The molecule has 0 aromatic heterocycles. The molecule has 1 fully saturated rings. The van der Waals surface area contributed by atoms with Gasteiger partial charge in [0, 0.05) is 6.54 Å². The van der Waals surface area contributed by atoms with Gasteiger partial charge in [0.2, 0.25) is 10.0 Å². The first-order valence-corrected chi connectivity index (χ1v) is 8.78. The SMILES string of the molecule is CN1CCC(CNS(=O)(=O)Cc2ccc(C#N)cc2)CC1. The summed E-state index contributed by atoms with van der Waals surface area (Å²) in [4.78, 5) is 2.27. The molecule has 0 unspecified atom stereocenters. The predicted molar refractivity (Wildman–Crippen MR) is 82.0 cm³/mol. The van der Waals surface area contributed by atoms with Gasteiger partial charge in [0.05, 0.1) is 17.4 Å². The van der Waals surface area contributed by atoms with Gasteiger partial charge in [0.1, 0.15) is 0 Å². The maximum absolute atomic E-state index is 12.1. The number of nitrogens with one attached hydrogen (secondary N) is 1. The molecule has 6 heteroatoms. The third-order valence-electron chi connectivity index (χ3n) is 3.87. The van der Waals surface area contributed by atoms with E-state index in [9.17, 15) is 8.42 Å². The number of hydrogen-bond acceptors (Lipinski definition) is 4. The topological polar surface area (TPSA) is 73.2 Å². The van der Waals surface area contributed by atoms with Gasteiger partial charge < -0.3 is 4.90 Å². The Hall–Kier alpha value is -1.42. The second-order valence-electron chi connectivity index (χ2n) is 5.66. The Labute approximate surface area is 126 Å². The summed E-state index contributed by atoms with van der Waals surface area (Å²) in [6.07, 6.45) is 2.08. The average molecular weight is 307 g/mol. The van der Waals surface area contributed by atoms with E-state index < -0.39 is 10.0 Å². The van der Waals surface area contributed by atoms with E-state index in [1.807, 2.05) is 6.07 Å². The van der Waals surface area contributed by atoms with Crippen molar-refractivity contribution in [1.82, 2.24) is 9.62 Å². The van der Waals surface area contributed by atoms with Crippen LogP contribution in [0.25, 0.3) is 0 Å². The molecule has 0 spiro atoms. The van der Waals surface area contributed by atoms with Gasteiger partial charge in [-0.15, -0.1) is 0 Å². The lowest BCUT2D eigenvalue weighted by Gasteiger charge is -2.28. The van der Waals surface area contributed by atoms with Crippen LogP contribution in [0.1, 0.15) is 24.0 Å². The second kappa shape index (κ2) is 7.03. The molecule has 1 aromatic rings. The number of likely N-dealkylation sites (tertiary alicyclic amines) is 1. The molecule has 5 nitrogen and oxygen atoms in total. The van der Waals surface area contributed by atoms with Crippen LogP contribution < -0.4 is 4.72 Å². The Kier molecular flexibility index (Phi) is 5.34. The van der Waals surface area contributed by atoms with Crippen molar-refractivity contribution >= 4 is 10.0 Å². The van der Waals surface area contributed by atoms with Gasteiger partial charge in [-0.2, -0.15) is 5.26 Å². The normalized spacial score (nSPS) is 17.5. The highest BCUT2D eigenvalue weighted by molar-refractivity contribution is 7.88. The van der Waals surface area contributed by atoms with Crippen LogP contribution in [0.4, 0.5) is 0 Å². The highest BCUT2D eigenvalue weighted by Crippen LogP contribution is 2.15. The number of rotatable bonds is 5. The minimum absolute atomic E-state index is 0.0364. The van der Waals surface area contributed by atoms with Gasteiger partial charge in [-0.05, 0) is 56.6 Å². The minimum Gasteiger partial charge on any atom is -0.306 e. The van der Waals surface area contributed by atoms with Crippen molar-refractivity contribution in [3.63, 3.8) is 0 Å². The summed E-state index contributed by atoms with van der Waals surface area (Å²) >= 11 is 0. The van der Waals surface area contributed by atoms with E-state index in [-0.39, 0.29) is 5.75 Å². The molecule has 0 atom stereocenters.